The molecular formula is C27H17Cl3N2O3. The maximum absolute atomic E-state index is 13.9. The predicted molar refractivity (Wildman–Crippen MR) is 136 cm³/mol. The molecule has 6 rings (SSSR count). The molecule has 5 nitrogen and oxygen atoms in total. The van der Waals surface area contributed by atoms with E-state index in [4.69, 9.17) is 34.8 Å². The van der Waals surface area contributed by atoms with E-state index in [0.717, 1.165) is 16.0 Å². The standard InChI is InChI=1S/C27H17Cl3N2O3/c28-16-7-5-15(6-8-16)25(33)24-22-21(23-18-4-2-1-3-14(18)11-12-31(23)24)26(34)32(27(22)35)20-10-9-17(29)13-19(20)30/h1-13,21-24H/t21-,22+,23?,24-/m0/s1. The minimum absolute atomic E-state index is 0.195. The van der Waals surface area contributed by atoms with E-state index >= 15 is 0 Å². The zero-order chi connectivity index (χ0) is 24.4. The van der Waals surface area contributed by atoms with Gasteiger partial charge in [0.2, 0.25) is 11.8 Å². The van der Waals surface area contributed by atoms with E-state index in [-0.39, 0.29) is 22.4 Å². The number of anilines is 1. The number of rotatable bonds is 3. The van der Waals surface area contributed by atoms with Crippen molar-refractivity contribution in [3.8, 4) is 0 Å². The van der Waals surface area contributed by atoms with Gasteiger partial charge < -0.3 is 4.90 Å². The third-order valence-corrected chi connectivity index (χ3v) is 7.80. The van der Waals surface area contributed by atoms with Crippen LogP contribution < -0.4 is 4.90 Å². The number of ketones is 1. The van der Waals surface area contributed by atoms with Crippen molar-refractivity contribution >= 4 is 64.2 Å². The van der Waals surface area contributed by atoms with Gasteiger partial charge in [-0.25, -0.2) is 4.90 Å². The van der Waals surface area contributed by atoms with Crippen LogP contribution in [0.15, 0.2) is 72.9 Å². The Kier molecular flexibility index (Phi) is 5.26. The highest BCUT2D eigenvalue weighted by atomic mass is 35.5. The number of nitrogens with zero attached hydrogens (tertiary/aromatic N) is 2. The Hall–Kier alpha value is -3.12. The molecule has 3 heterocycles. The summed E-state index contributed by atoms with van der Waals surface area (Å²) in [6.07, 6.45) is 3.74. The summed E-state index contributed by atoms with van der Waals surface area (Å²) in [5, 5.41) is 1.10. The number of Topliss-reactive ketones (excluding diaryl/α,β-unsaturated/α-hetero) is 1. The van der Waals surface area contributed by atoms with Crippen LogP contribution in [0.4, 0.5) is 5.69 Å². The fraction of sp³-hybridized carbons (Fsp3) is 0.148. The molecule has 0 aromatic heterocycles. The van der Waals surface area contributed by atoms with E-state index < -0.39 is 29.8 Å². The number of amides is 2. The van der Waals surface area contributed by atoms with Crippen LogP contribution in [0.1, 0.15) is 27.5 Å². The highest BCUT2D eigenvalue weighted by Crippen LogP contribution is 2.54. The maximum atomic E-state index is 13.9. The minimum atomic E-state index is -0.877. The van der Waals surface area contributed by atoms with Gasteiger partial charge in [0.25, 0.3) is 0 Å². The largest absolute Gasteiger partial charge is 0.358 e. The van der Waals surface area contributed by atoms with E-state index in [0.29, 0.717) is 15.6 Å². The zero-order valence-corrected chi connectivity index (χ0v) is 20.3. The van der Waals surface area contributed by atoms with Gasteiger partial charge in [0.05, 0.1) is 28.6 Å². The molecule has 3 aromatic carbocycles. The van der Waals surface area contributed by atoms with Gasteiger partial charge in [-0.15, -0.1) is 0 Å². The monoisotopic (exact) mass is 522 g/mol. The summed E-state index contributed by atoms with van der Waals surface area (Å²) in [5.41, 5.74) is 2.55. The minimum Gasteiger partial charge on any atom is -0.358 e. The molecule has 3 aliphatic heterocycles. The zero-order valence-electron chi connectivity index (χ0n) is 18.1. The molecule has 0 bridgehead atoms. The molecule has 8 heteroatoms. The van der Waals surface area contributed by atoms with Crippen LogP contribution >= 0.6 is 34.8 Å². The van der Waals surface area contributed by atoms with Crippen LogP contribution in [0.5, 0.6) is 0 Å². The molecule has 0 N–H and O–H groups in total. The second kappa shape index (κ2) is 8.23. The topological polar surface area (TPSA) is 57.7 Å². The van der Waals surface area contributed by atoms with Crippen molar-refractivity contribution in [3.63, 3.8) is 0 Å². The Bertz CT molecular complexity index is 1440. The van der Waals surface area contributed by atoms with Crippen LogP contribution in [-0.2, 0) is 9.59 Å². The molecule has 4 atom stereocenters. The first-order chi connectivity index (χ1) is 16.9. The quantitative estimate of drug-likeness (QED) is 0.310. The molecule has 174 valence electrons. The number of fused-ring (bicyclic) bond motifs is 5. The number of benzene rings is 3. The van der Waals surface area contributed by atoms with Crippen molar-refractivity contribution in [2.24, 2.45) is 11.8 Å². The smallest absolute Gasteiger partial charge is 0.240 e. The molecule has 0 aliphatic carbocycles. The van der Waals surface area contributed by atoms with Crippen molar-refractivity contribution < 1.29 is 14.4 Å². The van der Waals surface area contributed by atoms with Gasteiger partial charge in [0, 0.05) is 21.8 Å². The van der Waals surface area contributed by atoms with Crippen molar-refractivity contribution in [2.45, 2.75) is 12.1 Å². The van der Waals surface area contributed by atoms with Gasteiger partial charge in [0.1, 0.15) is 6.04 Å². The molecular weight excluding hydrogens is 507 g/mol. The van der Waals surface area contributed by atoms with Crippen molar-refractivity contribution in [3.05, 3.63) is 105 Å². The predicted octanol–water partition coefficient (Wildman–Crippen LogP) is 6.05. The summed E-state index contributed by atoms with van der Waals surface area (Å²) >= 11 is 18.5. The number of halogens is 3. The number of imide groups is 1. The van der Waals surface area contributed by atoms with Crippen LogP contribution in [0.3, 0.4) is 0 Å². The molecule has 0 saturated carbocycles. The fourth-order valence-corrected chi connectivity index (χ4v) is 6.16. The average Bonchev–Trinajstić information content (AvgIpc) is 3.32. The summed E-state index contributed by atoms with van der Waals surface area (Å²) in [7, 11) is 0. The van der Waals surface area contributed by atoms with Crippen molar-refractivity contribution in [2.75, 3.05) is 4.90 Å². The molecule has 3 aliphatic rings. The van der Waals surface area contributed by atoms with Crippen molar-refractivity contribution in [1.82, 2.24) is 4.90 Å². The Morgan fingerprint density at radius 1 is 0.800 bits per heavy atom. The molecule has 35 heavy (non-hydrogen) atoms. The molecule has 0 radical (unpaired) electrons. The van der Waals surface area contributed by atoms with Crippen LogP contribution in [0, 0.1) is 11.8 Å². The van der Waals surface area contributed by atoms with Gasteiger partial charge in [0.15, 0.2) is 5.78 Å². The first kappa shape index (κ1) is 22.4. The Labute approximate surface area is 216 Å². The number of carbonyl (C=O) groups excluding carboxylic acids is 3. The summed E-state index contributed by atoms with van der Waals surface area (Å²) in [4.78, 5) is 44.6. The van der Waals surface area contributed by atoms with Gasteiger partial charge in [-0.05, 0) is 59.7 Å². The summed E-state index contributed by atoms with van der Waals surface area (Å²) < 4.78 is 0. The van der Waals surface area contributed by atoms with Gasteiger partial charge in [-0.1, -0.05) is 59.1 Å². The summed E-state index contributed by atoms with van der Waals surface area (Å²) in [5.74, 6) is -2.69. The molecule has 1 unspecified atom stereocenters. The third kappa shape index (κ3) is 3.33. The maximum Gasteiger partial charge on any atom is 0.240 e. The van der Waals surface area contributed by atoms with E-state index in [2.05, 4.69) is 0 Å². The fourth-order valence-electron chi connectivity index (χ4n) is 5.54. The lowest BCUT2D eigenvalue weighted by molar-refractivity contribution is -0.123. The lowest BCUT2D eigenvalue weighted by atomic mass is 9.83. The summed E-state index contributed by atoms with van der Waals surface area (Å²) in [6, 6.07) is 17.6. The Balaban J connectivity index is 1.50. The Morgan fingerprint density at radius 2 is 1.49 bits per heavy atom. The normalized spacial score (nSPS) is 24.4. The summed E-state index contributed by atoms with van der Waals surface area (Å²) in [6.45, 7) is 0. The second-order valence-electron chi connectivity index (χ2n) is 8.81. The third-order valence-electron chi connectivity index (χ3n) is 7.01. The van der Waals surface area contributed by atoms with Crippen LogP contribution in [-0.4, -0.2) is 28.5 Å². The number of carbonyl (C=O) groups is 3. The van der Waals surface area contributed by atoms with Crippen molar-refractivity contribution in [1.29, 1.82) is 0 Å². The Morgan fingerprint density at radius 3 is 2.23 bits per heavy atom. The molecule has 2 saturated heterocycles. The SMILES string of the molecule is O=C(c1ccc(Cl)cc1)[C@@H]1[C@@H]2C(=O)N(c3ccc(Cl)cc3Cl)C(=O)[C@@H]2C2c3ccccc3C=CN21. The van der Waals surface area contributed by atoms with E-state index in [1.807, 2.05) is 41.4 Å². The highest BCUT2D eigenvalue weighted by molar-refractivity contribution is 6.38. The van der Waals surface area contributed by atoms with Gasteiger partial charge in [-0.3, -0.25) is 14.4 Å². The molecule has 2 amide bonds. The second-order valence-corrected chi connectivity index (χ2v) is 10.1. The first-order valence-corrected chi connectivity index (χ1v) is 12.2. The lowest BCUT2D eigenvalue weighted by Crippen LogP contribution is -2.44. The molecule has 0 spiro atoms. The van der Waals surface area contributed by atoms with Gasteiger partial charge >= 0.3 is 0 Å². The van der Waals surface area contributed by atoms with Crippen LogP contribution in [0.2, 0.25) is 15.1 Å². The van der Waals surface area contributed by atoms with Gasteiger partial charge in [-0.2, -0.15) is 0 Å². The first-order valence-electron chi connectivity index (χ1n) is 11.0. The number of hydrogen-bond acceptors (Lipinski definition) is 4. The highest BCUT2D eigenvalue weighted by Gasteiger charge is 2.64. The lowest BCUT2D eigenvalue weighted by Gasteiger charge is -2.35. The van der Waals surface area contributed by atoms with E-state index in [9.17, 15) is 14.4 Å². The average molecular weight is 524 g/mol. The number of hydrogen-bond donors (Lipinski definition) is 0. The van der Waals surface area contributed by atoms with E-state index in [1.165, 1.54) is 6.07 Å². The van der Waals surface area contributed by atoms with E-state index in [1.54, 1.807) is 36.4 Å². The molecule has 3 aromatic rings. The molecule has 2 fully saturated rings. The van der Waals surface area contributed by atoms with Crippen LogP contribution in [0.25, 0.3) is 6.08 Å².